The summed E-state index contributed by atoms with van der Waals surface area (Å²) in [5.74, 6) is 2.40. The van der Waals surface area contributed by atoms with Gasteiger partial charge >= 0.3 is 6.03 Å². The second-order valence-electron chi connectivity index (χ2n) is 7.45. The maximum absolute atomic E-state index is 12.6. The SMILES string of the molecule is C#CC1(C(=O)N2CCCC(NC(=O)C3CCCN(C(N)=O)C3)C2)CC1. The summed E-state index contributed by atoms with van der Waals surface area (Å²) in [5, 5.41) is 3.06. The summed E-state index contributed by atoms with van der Waals surface area (Å²) in [5.41, 5.74) is 4.73. The number of carbonyl (C=O) groups excluding carboxylic acids is 3. The summed E-state index contributed by atoms with van der Waals surface area (Å²) in [7, 11) is 0. The van der Waals surface area contributed by atoms with Crippen LogP contribution in [-0.2, 0) is 9.59 Å². The molecule has 1 saturated carbocycles. The molecule has 7 nitrogen and oxygen atoms in total. The number of urea groups is 1. The Morgan fingerprint density at radius 3 is 2.40 bits per heavy atom. The summed E-state index contributed by atoms with van der Waals surface area (Å²) >= 11 is 0. The molecule has 0 radical (unpaired) electrons. The van der Waals surface area contributed by atoms with Crippen LogP contribution in [0.4, 0.5) is 4.79 Å². The maximum atomic E-state index is 12.6. The van der Waals surface area contributed by atoms with Gasteiger partial charge in [-0.15, -0.1) is 6.42 Å². The van der Waals surface area contributed by atoms with Crippen LogP contribution in [0.25, 0.3) is 0 Å². The van der Waals surface area contributed by atoms with E-state index < -0.39 is 11.4 Å². The molecule has 0 aromatic carbocycles. The average molecular weight is 346 g/mol. The van der Waals surface area contributed by atoms with Crippen LogP contribution in [0.1, 0.15) is 38.5 Å². The van der Waals surface area contributed by atoms with Gasteiger partial charge in [0, 0.05) is 32.2 Å². The Kier molecular flexibility index (Phi) is 4.89. The molecule has 0 aromatic heterocycles. The van der Waals surface area contributed by atoms with Crippen molar-refractivity contribution < 1.29 is 14.4 Å². The number of hydrogen-bond acceptors (Lipinski definition) is 3. The molecular weight excluding hydrogens is 320 g/mol. The van der Waals surface area contributed by atoms with E-state index in [-0.39, 0.29) is 23.8 Å². The molecule has 3 N–H and O–H groups in total. The number of piperidine rings is 2. The van der Waals surface area contributed by atoms with Gasteiger partial charge in [0.2, 0.25) is 11.8 Å². The molecule has 0 spiro atoms. The van der Waals surface area contributed by atoms with E-state index in [4.69, 9.17) is 12.2 Å². The molecule has 0 bridgehead atoms. The number of rotatable bonds is 3. The first-order valence-corrected chi connectivity index (χ1v) is 9.07. The third kappa shape index (κ3) is 3.73. The number of hydrogen-bond donors (Lipinski definition) is 2. The predicted octanol–water partition coefficient (Wildman–Crippen LogP) is 0.298. The zero-order chi connectivity index (χ0) is 18.0. The maximum Gasteiger partial charge on any atom is 0.314 e. The number of nitrogens with one attached hydrogen (secondary N) is 1. The number of primary amides is 1. The predicted molar refractivity (Wildman–Crippen MR) is 92.1 cm³/mol. The molecule has 4 amide bonds. The van der Waals surface area contributed by atoms with Crippen molar-refractivity contribution in [2.75, 3.05) is 26.2 Å². The van der Waals surface area contributed by atoms with Crippen molar-refractivity contribution in [3.05, 3.63) is 0 Å². The van der Waals surface area contributed by atoms with Gasteiger partial charge in [-0.2, -0.15) is 0 Å². The first-order valence-electron chi connectivity index (χ1n) is 9.07. The van der Waals surface area contributed by atoms with Crippen LogP contribution in [0, 0.1) is 23.7 Å². The number of nitrogens with two attached hydrogens (primary N) is 1. The Labute approximate surface area is 148 Å². The van der Waals surface area contributed by atoms with E-state index in [1.807, 2.05) is 0 Å². The number of likely N-dealkylation sites (tertiary alicyclic amines) is 2. The first kappa shape index (κ1) is 17.6. The lowest BCUT2D eigenvalue weighted by Gasteiger charge is -2.36. The lowest BCUT2D eigenvalue weighted by molar-refractivity contribution is -0.137. The Morgan fingerprint density at radius 2 is 1.76 bits per heavy atom. The number of nitrogens with zero attached hydrogens (tertiary/aromatic N) is 2. The molecule has 0 aromatic rings. The smallest absolute Gasteiger partial charge is 0.314 e. The van der Waals surface area contributed by atoms with E-state index >= 15 is 0 Å². The monoisotopic (exact) mass is 346 g/mol. The molecule has 3 aliphatic rings. The van der Waals surface area contributed by atoms with Gasteiger partial charge in [0.05, 0.1) is 5.92 Å². The van der Waals surface area contributed by atoms with E-state index in [0.29, 0.717) is 26.2 Å². The summed E-state index contributed by atoms with van der Waals surface area (Å²) < 4.78 is 0. The highest BCUT2D eigenvalue weighted by atomic mass is 16.2. The zero-order valence-corrected chi connectivity index (χ0v) is 14.5. The fraction of sp³-hybridized carbons (Fsp3) is 0.722. The standard InChI is InChI=1S/C18H26N4O3/c1-2-18(7-8-18)16(24)21-9-4-6-14(12-21)20-15(23)13-5-3-10-22(11-13)17(19)25/h1,13-14H,3-12H2,(H2,19,25)(H,20,23). The summed E-state index contributed by atoms with van der Waals surface area (Å²) in [6, 6.07) is -0.529. The summed E-state index contributed by atoms with van der Waals surface area (Å²) in [6.45, 7) is 2.20. The quantitative estimate of drug-likeness (QED) is 0.719. The second kappa shape index (κ2) is 6.95. The van der Waals surface area contributed by atoms with Crippen LogP contribution in [0.3, 0.4) is 0 Å². The van der Waals surface area contributed by atoms with Crippen molar-refractivity contribution in [2.45, 2.75) is 44.6 Å². The minimum Gasteiger partial charge on any atom is -0.351 e. The Morgan fingerprint density at radius 1 is 1.08 bits per heavy atom. The van der Waals surface area contributed by atoms with Crippen LogP contribution in [0.15, 0.2) is 0 Å². The van der Waals surface area contributed by atoms with Gasteiger partial charge in [-0.3, -0.25) is 9.59 Å². The molecule has 2 unspecified atom stereocenters. The number of terminal acetylenes is 1. The molecule has 2 aliphatic heterocycles. The van der Waals surface area contributed by atoms with Gasteiger partial charge in [0.25, 0.3) is 0 Å². The molecule has 25 heavy (non-hydrogen) atoms. The first-order chi connectivity index (χ1) is 11.9. The minimum absolute atomic E-state index is 0.0338. The average Bonchev–Trinajstić information content (AvgIpc) is 3.42. The largest absolute Gasteiger partial charge is 0.351 e. The second-order valence-corrected chi connectivity index (χ2v) is 7.45. The zero-order valence-electron chi connectivity index (χ0n) is 14.5. The molecule has 136 valence electrons. The fourth-order valence-electron chi connectivity index (χ4n) is 3.84. The van der Waals surface area contributed by atoms with Crippen LogP contribution in [0.5, 0.6) is 0 Å². The van der Waals surface area contributed by atoms with E-state index in [1.165, 1.54) is 4.90 Å². The van der Waals surface area contributed by atoms with Crippen molar-refractivity contribution >= 4 is 17.8 Å². The molecule has 7 heteroatoms. The van der Waals surface area contributed by atoms with Gasteiger partial charge in [0.1, 0.15) is 5.41 Å². The van der Waals surface area contributed by atoms with Crippen molar-refractivity contribution in [3.8, 4) is 12.3 Å². The Balaban J connectivity index is 1.54. The van der Waals surface area contributed by atoms with Crippen LogP contribution in [-0.4, -0.2) is 59.9 Å². The van der Waals surface area contributed by atoms with Gasteiger partial charge < -0.3 is 20.9 Å². The third-order valence-corrected chi connectivity index (χ3v) is 5.59. The summed E-state index contributed by atoms with van der Waals surface area (Å²) in [4.78, 5) is 39.8. The van der Waals surface area contributed by atoms with E-state index in [1.54, 1.807) is 4.90 Å². The highest BCUT2D eigenvalue weighted by molar-refractivity contribution is 5.89. The van der Waals surface area contributed by atoms with Gasteiger partial charge in [-0.1, -0.05) is 5.92 Å². The van der Waals surface area contributed by atoms with Crippen LogP contribution < -0.4 is 11.1 Å². The van der Waals surface area contributed by atoms with Gasteiger partial charge in [-0.05, 0) is 38.5 Å². The van der Waals surface area contributed by atoms with E-state index in [0.717, 1.165) is 38.5 Å². The normalized spacial score (nSPS) is 28.0. The van der Waals surface area contributed by atoms with E-state index in [2.05, 4.69) is 11.2 Å². The lowest BCUT2D eigenvalue weighted by Crippen LogP contribution is -2.54. The molecule has 2 atom stereocenters. The lowest BCUT2D eigenvalue weighted by atomic mass is 9.96. The van der Waals surface area contributed by atoms with Crippen LogP contribution >= 0.6 is 0 Å². The highest BCUT2D eigenvalue weighted by Gasteiger charge is 2.51. The highest BCUT2D eigenvalue weighted by Crippen LogP contribution is 2.46. The fourth-order valence-corrected chi connectivity index (χ4v) is 3.84. The molecule has 3 rings (SSSR count). The van der Waals surface area contributed by atoms with Crippen molar-refractivity contribution in [2.24, 2.45) is 17.1 Å². The Hall–Kier alpha value is -2.23. The molecule has 1 aliphatic carbocycles. The molecule has 3 fully saturated rings. The van der Waals surface area contributed by atoms with Crippen molar-refractivity contribution in [3.63, 3.8) is 0 Å². The van der Waals surface area contributed by atoms with Gasteiger partial charge in [-0.25, -0.2) is 4.79 Å². The molecule has 2 saturated heterocycles. The molecule has 2 heterocycles. The Bertz CT molecular complexity index is 608. The van der Waals surface area contributed by atoms with Gasteiger partial charge in [0.15, 0.2) is 0 Å². The number of carbonyl (C=O) groups is 3. The van der Waals surface area contributed by atoms with Crippen molar-refractivity contribution in [1.82, 2.24) is 15.1 Å². The minimum atomic E-state index is -0.586. The number of amides is 4. The van der Waals surface area contributed by atoms with Crippen molar-refractivity contribution in [1.29, 1.82) is 0 Å². The van der Waals surface area contributed by atoms with Crippen LogP contribution in [0.2, 0.25) is 0 Å². The van der Waals surface area contributed by atoms with E-state index in [9.17, 15) is 14.4 Å². The third-order valence-electron chi connectivity index (χ3n) is 5.59. The molecular formula is C18H26N4O3. The topological polar surface area (TPSA) is 95.7 Å². The summed E-state index contributed by atoms with van der Waals surface area (Å²) in [6.07, 6.45) is 10.3.